The number of nitrogens with one attached hydrogen (secondary N) is 1. The molecule has 0 bridgehead atoms. The number of carbonyl (C=O) groups excluding carboxylic acids is 1. The second-order valence-corrected chi connectivity index (χ2v) is 7.71. The lowest BCUT2D eigenvalue weighted by molar-refractivity contribution is -0.115. The lowest BCUT2D eigenvalue weighted by atomic mass is 10.1. The number of sulfone groups is 1. The van der Waals surface area contributed by atoms with Crippen molar-refractivity contribution in [2.75, 3.05) is 11.1 Å². The molecule has 3 aromatic carbocycles. The number of fused-ring (bicyclic) bond motifs is 1. The van der Waals surface area contributed by atoms with Crippen LogP contribution in [-0.2, 0) is 14.6 Å². The molecule has 25 heavy (non-hydrogen) atoms. The van der Waals surface area contributed by atoms with Gasteiger partial charge < -0.3 is 5.32 Å². The molecule has 0 heterocycles. The van der Waals surface area contributed by atoms with Gasteiger partial charge in [0.1, 0.15) is 5.82 Å². The first-order valence-electron chi connectivity index (χ1n) is 7.72. The van der Waals surface area contributed by atoms with Crippen molar-refractivity contribution >= 4 is 32.2 Å². The second-order valence-electron chi connectivity index (χ2n) is 5.60. The molecule has 0 aliphatic rings. The fourth-order valence-corrected chi connectivity index (χ4v) is 3.77. The molecule has 6 heteroatoms. The highest BCUT2D eigenvalue weighted by atomic mass is 32.2. The molecule has 0 aliphatic heterocycles. The van der Waals surface area contributed by atoms with Crippen molar-refractivity contribution in [3.8, 4) is 0 Å². The van der Waals surface area contributed by atoms with E-state index in [1.165, 1.54) is 12.1 Å². The number of halogens is 1. The molecule has 3 rings (SSSR count). The summed E-state index contributed by atoms with van der Waals surface area (Å²) in [5.41, 5.74) is 0.641. The highest BCUT2D eigenvalue weighted by molar-refractivity contribution is 7.91. The highest BCUT2D eigenvalue weighted by Gasteiger charge is 2.17. The van der Waals surface area contributed by atoms with Gasteiger partial charge in [0.15, 0.2) is 9.84 Å². The van der Waals surface area contributed by atoms with Gasteiger partial charge in [-0.05, 0) is 35.7 Å². The number of amides is 1. The summed E-state index contributed by atoms with van der Waals surface area (Å²) in [6.07, 6.45) is -0.178. The molecule has 0 aliphatic carbocycles. The van der Waals surface area contributed by atoms with Crippen LogP contribution >= 0.6 is 0 Å². The first-order valence-corrected chi connectivity index (χ1v) is 9.37. The maximum atomic E-state index is 12.9. The molecule has 0 radical (unpaired) electrons. The third-order valence-electron chi connectivity index (χ3n) is 3.83. The van der Waals surface area contributed by atoms with E-state index in [1.54, 1.807) is 6.07 Å². The summed E-state index contributed by atoms with van der Waals surface area (Å²) in [5, 5.41) is 4.63. The predicted molar refractivity (Wildman–Crippen MR) is 95.6 cm³/mol. The highest BCUT2D eigenvalue weighted by Crippen LogP contribution is 2.23. The molecule has 0 saturated heterocycles. The Balaban J connectivity index is 1.69. The molecule has 4 nitrogen and oxygen atoms in total. The average Bonchev–Trinajstić information content (AvgIpc) is 2.61. The molecule has 1 N–H and O–H groups in total. The first kappa shape index (κ1) is 17.1. The van der Waals surface area contributed by atoms with Crippen molar-refractivity contribution in [2.24, 2.45) is 0 Å². The second kappa shape index (κ2) is 7.03. The third kappa shape index (κ3) is 4.03. The zero-order valence-corrected chi connectivity index (χ0v) is 14.1. The summed E-state index contributed by atoms with van der Waals surface area (Å²) in [6.45, 7) is 0. The van der Waals surface area contributed by atoms with Crippen molar-refractivity contribution < 1.29 is 17.6 Å². The number of hydrogen-bond acceptors (Lipinski definition) is 3. The molecule has 1 amide bonds. The van der Waals surface area contributed by atoms with E-state index in [2.05, 4.69) is 5.32 Å². The molecule has 0 saturated carbocycles. The van der Waals surface area contributed by atoms with Crippen molar-refractivity contribution in [3.63, 3.8) is 0 Å². The number of benzene rings is 3. The van der Waals surface area contributed by atoms with E-state index in [0.717, 1.165) is 22.9 Å². The Kier molecular flexibility index (Phi) is 4.81. The van der Waals surface area contributed by atoms with Crippen LogP contribution in [0.15, 0.2) is 71.6 Å². The largest absolute Gasteiger partial charge is 0.325 e. The van der Waals surface area contributed by atoms with E-state index in [-0.39, 0.29) is 23.0 Å². The fourth-order valence-electron chi connectivity index (χ4n) is 2.53. The van der Waals surface area contributed by atoms with Gasteiger partial charge in [0.2, 0.25) is 5.91 Å². The molecule has 3 aromatic rings. The quantitative estimate of drug-likeness (QED) is 0.707. The van der Waals surface area contributed by atoms with Crippen molar-refractivity contribution in [3.05, 3.63) is 72.5 Å². The molecule has 0 spiro atoms. The normalized spacial score (nSPS) is 11.4. The van der Waals surface area contributed by atoms with Crippen molar-refractivity contribution in [1.82, 2.24) is 0 Å². The van der Waals surface area contributed by atoms with E-state index in [0.29, 0.717) is 5.69 Å². The van der Waals surface area contributed by atoms with Gasteiger partial charge in [-0.15, -0.1) is 0 Å². The molecular weight excluding hydrogens is 341 g/mol. The monoisotopic (exact) mass is 357 g/mol. The van der Waals surface area contributed by atoms with Crippen LogP contribution in [0.4, 0.5) is 10.1 Å². The molecule has 128 valence electrons. The Morgan fingerprint density at radius 2 is 1.60 bits per heavy atom. The Bertz CT molecular complexity index is 1010. The van der Waals surface area contributed by atoms with Gasteiger partial charge in [-0.1, -0.05) is 36.4 Å². The minimum Gasteiger partial charge on any atom is -0.325 e. The van der Waals surface area contributed by atoms with Crippen LogP contribution in [-0.4, -0.2) is 20.1 Å². The molecule has 0 fully saturated rings. The van der Waals surface area contributed by atoms with E-state index in [1.807, 2.05) is 36.4 Å². The summed E-state index contributed by atoms with van der Waals surface area (Å²) in [7, 11) is -3.63. The molecular formula is C19H16FNO3S. The number of rotatable bonds is 5. The van der Waals surface area contributed by atoms with Crippen molar-refractivity contribution in [2.45, 2.75) is 11.3 Å². The zero-order chi connectivity index (χ0) is 17.9. The Hall–Kier alpha value is -2.73. The molecule has 0 unspecified atom stereocenters. The van der Waals surface area contributed by atoms with Gasteiger partial charge in [-0.3, -0.25) is 4.79 Å². The summed E-state index contributed by atoms with van der Waals surface area (Å²) < 4.78 is 37.3. The Morgan fingerprint density at radius 1 is 0.920 bits per heavy atom. The van der Waals surface area contributed by atoms with E-state index >= 15 is 0 Å². The average molecular weight is 357 g/mol. The van der Waals surface area contributed by atoms with E-state index in [9.17, 15) is 17.6 Å². The van der Waals surface area contributed by atoms with Crippen LogP contribution in [0.2, 0.25) is 0 Å². The predicted octanol–water partition coefficient (Wildman–Crippen LogP) is 3.78. The number of carbonyl (C=O) groups is 1. The minimum absolute atomic E-state index is 0.00635. The van der Waals surface area contributed by atoms with Gasteiger partial charge in [-0.2, -0.15) is 0 Å². The maximum Gasteiger partial charge on any atom is 0.225 e. The standard InChI is InChI=1S/C19H16FNO3S/c20-15-8-10-16(11-9-15)25(23,24)13-12-19(22)21-18-7-3-5-14-4-1-2-6-17(14)18/h1-11H,12-13H2,(H,21,22). The third-order valence-corrected chi connectivity index (χ3v) is 5.57. The van der Waals surface area contributed by atoms with Crippen LogP contribution in [0.5, 0.6) is 0 Å². The van der Waals surface area contributed by atoms with Crippen LogP contribution in [0.25, 0.3) is 10.8 Å². The minimum atomic E-state index is -3.63. The molecule has 0 atom stereocenters. The molecule has 0 aromatic heterocycles. The Morgan fingerprint density at radius 3 is 2.36 bits per heavy atom. The van der Waals surface area contributed by atoms with Crippen LogP contribution in [0.1, 0.15) is 6.42 Å². The van der Waals surface area contributed by atoms with Crippen LogP contribution < -0.4 is 5.32 Å². The topological polar surface area (TPSA) is 63.2 Å². The van der Waals surface area contributed by atoms with Crippen LogP contribution in [0.3, 0.4) is 0 Å². The number of hydrogen-bond donors (Lipinski definition) is 1. The van der Waals surface area contributed by atoms with Gasteiger partial charge in [0.25, 0.3) is 0 Å². The summed E-state index contributed by atoms with van der Waals surface area (Å²) in [6, 6.07) is 17.7. The van der Waals surface area contributed by atoms with Gasteiger partial charge in [0, 0.05) is 17.5 Å². The lowest BCUT2D eigenvalue weighted by Crippen LogP contribution is -2.17. The zero-order valence-electron chi connectivity index (χ0n) is 13.3. The SMILES string of the molecule is O=C(CCS(=O)(=O)c1ccc(F)cc1)Nc1cccc2ccccc12. The summed E-state index contributed by atoms with van der Waals surface area (Å²) in [5.74, 6) is -1.23. The van der Waals surface area contributed by atoms with Gasteiger partial charge in [0.05, 0.1) is 10.6 Å². The first-order chi connectivity index (χ1) is 12.0. The summed E-state index contributed by atoms with van der Waals surface area (Å²) >= 11 is 0. The fraction of sp³-hybridized carbons (Fsp3) is 0.105. The maximum absolute atomic E-state index is 12.9. The van der Waals surface area contributed by atoms with E-state index in [4.69, 9.17) is 0 Å². The van der Waals surface area contributed by atoms with Crippen LogP contribution in [0, 0.1) is 5.82 Å². The lowest BCUT2D eigenvalue weighted by Gasteiger charge is -2.09. The van der Waals surface area contributed by atoms with E-state index < -0.39 is 15.7 Å². The smallest absolute Gasteiger partial charge is 0.225 e. The van der Waals surface area contributed by atoms with Gasteiger partial charge in [-0.25, -0.2) is 12.8 Å². The summed E-state index contributed by atoms with van der Waals surface area (Å²) in [4.78, 5) is 12.2. The van der Waals surface area contributed by atoms with Crippen molar-refractivity contribution in [1.29, 1.82) is 0 Å². The van der Waals surface area contributed by atoms with Gasteiger partial charge >= 0.3 is 0 Å². The number of anilines is 1. The Labute approximate surface area is 145 Å².